The highest BCUT2D eigenvalue weighted by Crippen LogP contribution is 2.16. The Labute approximate surface area is 132 Å². The first kappa shape index (κ1) is 16.4. The van der Waals surface area contributed by atoms with E-state index >= 15 is 0 Å². The van der Waals surface area contributed by atoms with Crippen LogP contribution in [-0.2, 0) is 21.3 Å². The molecular weight excluding hydrogens is 301 g/mol. The Hall–Kier alpha value is -2.01. The molecule has 0 aliphatic heterocycles. The highest BCUT2D eigenvalue weighted by atomic mass is 32.2. The van der Waals surface area contributed by atoms with E-state index in [0.29, 0.717) is 5.56 Å². The Morgan fingerprint density at radius 2 is 1.86 bits per heavy atom. The van der Waals surface area contributed by atoms with Crippen LogP contribution in [0, 0.1) is 5.82 Å². The average molecular weight is 319 g/mol. The van der Waals surface area contributed by atoms with E-state index in [1.54, 1.807) is 26.1 Å². The molecule has 0 aliphatic rings. The van der Waals surface area contributed by atoms with Gasteiger partial charge in [0.25, 0.3) is 0 Å². The lowest BCUT2D eigenvalue weighted by Gasteiger charge is -2.21. The number of halogens is 1. The van der Waals surface area contributed by atoms with Crippen LogP contribution in [0.4, 0.5) is 10.1 Å². The molecule has 116 valence electrons. The topological polar surface area (TPSA) is 37.4 Å². The molecule has 0 radical (unpaired) electrons. The second-order valence-electron chi connectivity index (χ2n) is 5.03. The number of anilines is 1. The number of para-hydroxylation sites is 1. The summed E-state index contributed by atoms with van der Waals surface area (Å²) in [5.74, 6) is -0.427. The number of rotatable bonds is 5. The van der Waals surface area contributed by atoms with Crippen LogP contribution in [0.5, 0.6) is 0 Å². The number of hydrogen-bond donors (Lipinski definition) is 0. The third kappa shape index (κ3) is 4.01. The van der Waals surface area contributed by atoms with Crippen LogP contribution in [0.1, 0.15) is 12.5 Å². The second kappa shape index (κ2) is 7.31. The molecule has 0 aliphatic carbocycles. The summed E-state index contributed by atoms with van der Waals surface area (Å²) in [6.07, 6.45) is 0. The quantitative estimate of drug-likeness (QED) is 0.849. The average Bonchev–Trinajstić information content (AvgIpc) is 2.53. The fraction of sp³-hybridized carbons (Fsp3) is 0.235. The monoisotopic (exact) mass is 319 g/mol. The molecule has 0 aromatic heterocycles. The molecule has 22 heavy (non-hydrogen) atoms. The van der Waals surface area contributed by atoms with Gasteiger partial charge in [0.15, 0.2) is 0 Å². The van der Waals surface area contributed by atoms with Crippen molar-refractivity contribution in [1.29, 1.82) is 0 Å². The van der Waals surface area contributed by atoms with Crippen molar-refractivity contribution in [3.63, 3.8) is 0 Å². The third-order valence-electron chi connectivity index (χ3n) is 3.41. The van der Waals surface area contributed by atoms with Crippen molar-refractivity contribution >= 4 is 22.4 Å². The van der Waals surface area contributed by atoms with Gasteiger partial charge in [-0.15, -0.1) is 0 Å². The summed E-state index contributed by atoms with van der Waals surface area (Å²) in [6, 6.07) is 15.2. The molecule has 0 bridgehead atoms. The fourth-order valence-electron chi connectivity index (χ4n) is 2.08. The Kier molecular flexibility index (Phi) is 5.44. The van der Waals surface area contributed by atoms with E-state index in [2.05, 4.69) is 0 Å². The Morgan fingerprint density at radius 1 is 1.18 bits per heavy atom. The lowest BCUT2D eigenvalue weighted by Crippen LogP contribution is -2.37. The molecule has 2 aromatic rings. The summed E-state index contributed by atoms with van der Waals surface area (Å²) in [5, 5.41) is -0.659. The van der Waals surface area contributed by atoms with Gasteiger partial charge in [0.2, 0.25) is 5.91 Å². The van der Waals surface area contributed by atoms with E-state index in [-0.39, 0.29) is 17.5 Å². The fourth-order valence-corrected chi connectivity index (χ4v) is 3.22. The Bertz CT molecular complexity index is 675. The highest BCUT2D eigenvalue weighted by Gasteiger charge is 2.24. The van der Waals surface area contributed by atoms with Crippen LogP contribution in [0.2, 0.25) is 0 Å². The van der Waals surface area contributed by atoms with Crippen LogP contribution in [0.15, 0.2) is 54.6 Å². The lowest BCUT2D eigenvalue weighted by atomic mass is 10.2. The van der Waals surface area contributed by atoms with E-state index < -0.39 is 16.0 Å². The van der Waals surface area contributed by atoms with E-state index in [1.165, 1.54) is 17.0 Å². The minimum Gasteiger partial charge on any atom is -0.314 e. The van der Waals surface area contributed by atoms with Crippen molar-refractivity contribution in [2.75, 3.05) is 11.9 Å². The molecule has 2 rings (SSSR count). The largest absolute Gasteiger partial charge is 0.314 e. The smallest absolute Gasteiger partial charge is 0.242 e. The number of hydrogen-bond acceptors (Lipinski definition) is 2. The predicted octanol–water partition coefficient (Wildman–Crippen LogP) is 3.13. The zero-order valence-electron chi connectivity index (χ0n) is 12.5. The van der Waals surface area contributed by atoms with E-state index in [1.807, 2.05) is 30.3 Å². The van der Waals surface area contributed by atoms with Crippen LogP contribution in [0.3, 0.4) is 0 Å². The van der Waals surface area contributed by atoms with Gasteiger partial charge in [-0.2, -0.15) is 0 Å². The number of amides is 1. The molecule has 0 fully saturated rings. The standard InChI is InChI=1S/C17H18FNO2S/c1-13(17(20)19(2)16-9-4-3-5-10-16)22(21)12-14-7-6-8-15(18)11-14/h3-11,13H,12H2,1-2H3/t13-,22+/m0/s1. The number of nitrogens with zero attached hydrogens (tertiary/aromatic N) is 1. The molecule has 0 spiro atoms. The first-order valence-corrected chi connectivity index (χ1v) is 8.31. The van der Waals surface area contributed by atoms with E-state index in [4.69, 9.17) is 0 Å². The molecule has 2 atom stereocenters. The minimum atomic E-state index is -1.41. The molecule has 0 unspecified atom stereocenters. The van der Waals surface area contributed by atoms with Crippen molar-refractivity contribution in [3.8, 4) is 0 Å². The maximum Gasteiger partial charge on any atom is 0.242 e. The third-order valence-corrected chi connectivity index (χ3v) is 5.02. The second-order valence-corrected chi connectivity index (χ2v) is 6.79. The Balaban J connectivity index is 2.05. The molecule has 0 heterocycles. The summed E-state index contributed by atoms with van der Waals surface area (Å²) in [6.45, 7) is 1.64. The molecule has 0 saturated heterocycles. The molecule has 0 saturated carbocycles. The highest BCUT2D eigenvalue weighted by molar-refractivity contribution is 7.85. The maximum atomic E-state index is 13.2. The first-order chi connectivity index (χ1) is 10.5. The first-order valence-electron chi connectivity index (χ1n) is 6.93. The zero-order chi connectivity index (χ0) is 16.1. The van der Waals surface area contributed by atoms with Crippen LogP contribution in [0.25, 0.3) is 0 Å². The zero-order valence-corrected chi connectivity index (χ0v) is 13.3. The van der Waals surface area contributed by atoms with Gasteiger partial charge in [-0.25, -0.2) is 4.39 Å². The van der Waals surface area contributed by atoms with Crippen LogP contribution < -0.4 is 4.90 Å². The van der Waals surface area contributed by atoms with E-state index in [9.17, 15) is 13.4 Å². The molecule has 3 nitrogen and oxygen atoms in total. The summed E-state index contributed by atoms with van der Waals surface area (Å²) >= 11 is 0. The van der Waals surface area contributed by atoms with Gasteiger partial charge in [-0.05, 0) is 36.8 Å². The normalized spacial score (nSPS) is 13.4. The predicted molar refractivity (Wildman–Crippen MR) is 87.6 cm³/mol. The van der Waals surface area contributed by atoms with Crippen LogP contribution in [-0.4, -0.2) is 22.4 Å². The van der Waals surface area contributed by atoms with Crippen molar-refractivity contribution in [3.05, 3.63) is 66.0 Å². The van der Waals surface area contributed by atoms with Gasteiger partial charge < -0.3 is 4.90 Å². The summed E-state index contributed by atoms with van der Waals surface area (Å²) < 4.78 is 25.5. The number of benzene rings is 2. The molecule has 5 heteroatoms. The maximum absolute atomic E-state index is 13.2. The molecule has 0 N–H and O–H groups in total. The van der Waals surface area contributed by atoms with Crippen molar-refractivity contribution < 1.29 is 13.4 Å². The SMILES string of the molecule is C[C@@H](C(=O)N(C)c1ccccc1)[S@](=O)Cc1cccc(F)c1. The van der Waals surface area contributed by atoms with Crippen molar-refractivity contribution in [1.82, 2.24) is 0 Å². The molecule has 2 aromatic carbocycles. The summed E-state index contributed by atoms with van der Waals surface area (Å²) in [5.41, 5.74) is 1.38. The number of carbonyl (C=O) groups is 1. The van der Waals surface area contributed by atoms with E-state index in [0.717, 1.165) is 5.69 Å². The summed E-state index contributed by atoms with van der Waals surface area (Å²) in [7, 11) is 0.254. The van der Waals surface area contributed by atoms with Crippen molar-refractivity contribution in [2.45, 2.75) is 17.9 Å². The molecule has 1 amide bonds. The van der Waals surface area contributed by atoms with Gasteiger partial charge in [0, 0.05) is 29.3 Å². The summed E-state index contributed by atoms with van der Waals surface area (Å²) in [4.78, 5) is 13.9. The van der Waals surface area contributed by atoms with Gasteiger partial charge in [-0.1, -0.05) is 30.3 Å². The van der Waals surface area contributed by atoms with Gasteiger partial charge in [-0.3, -0.25) is 9.00 Å². The van der Waals surface area contributed by atoms with Gasteiger partial charge in [0.05, 0.1) is 0 Å². The Morgan fingerprint density at radius 3 is 2.50 bits per heavy atom. The van der Waals surface area contributed by atoms with Gasteiger partial charge >= 0.3 is 0 Å². The minimum absolute atomic E-state index is 0.160. The van der Waals surface area contributed by atoms with Crippen molar-refractivity contribution in [2.24, 2.45) is 0 Å². The number of carbonyl (C=O) groups excluding carboxylic acids is 1. The lowest BCUT2D eigenvalue weighted by molar-refractivity contribution is -0.117. The van der Waals surface area contributed by atoms with Crippen LogP contribution >= 0.6 is 0 Å². The van der Waals surface area contributed by atoms with Gasteiger partial charge in [0.1, 0.15) is 11.1 Å². The molecular formula is C17H18FNO2S.